The van der Waals surface area contributed by atoms with Crippen molar-refractivity contribution in [3.05, 3.63) is 54.1 Å². The highest BCUT2D eigenvalue weighted by Gasteiger charge is 2.19. The molecular formula is C20H24N6O3. The zero-order chi connectivity index (χ0) is 20.6. The fraction of sp³-hybridized carbons (Fsp3) is 0.350. The van der Waals surface area contributed by atoms with Gasteiger partial charge >= 0.3 is 5.97 Å². The van der Waals surface area contributed by atoms with Crippen molar-refractivity contribution in [1.29, 1.82) is 0 Å². The molecule has 0 bridgehead atoms. The first kappa shape index (κ1) is 20.2. The lowest BCUT2D eigenvalue weighted by molar-refractivity contribution is -0.142. The van der Waals surface area contributed by atoms with Gasteiger partial charge in [0.15, 0.2) is 5.65 Å². The van der Waals surface area contributed by atoms with Gasteiger partial charge in [-0.1, -0.05) is 25.3 Å². The molecule has 0 atom stereocenters. The second-order valence-corrected chi connectivity index (χ2v) is 6.89. The van der Waals surface area contributed by atoms with Crippen molar-refractivity contribution in [2.24, 2.45) is 11.7 Å². The van der Waals surface area contributed by atoms with Gasteiger partial charge in [0.25, 0.3) is 5.91 Å². The van der Waals surface area contributed by atoms with Crippen LogP contribution in [-0.4, -0.2) is 36.6 Å². The van der Waals surface area contributed by atoms with Gasteiger partial charge < -0.3 is 16.2 Å². The first-order chi connectivity index (χ1) is 14.0. The molecule has 3 heterocycles. The average molecular weight is 396 g/mol. The molecule has 0 radical (unpaired) electrons. The first-order valence-electron chi connectivity index (χ1n) is 9.54. The molecule has 152 valence electrons. The summed E-state index contributed by atoms with van der Waals surface area (Å²) >= 11 is 0. The molecule has 1 amide bonds. The third-order valence-corrected chi connectivity index (χ3v) is 4.79. The number of nitrogens with zero attached hydrogens (tertiary/aromatic N) is 4. The predicted octanol–water partition coefficient (Wildman–Crippen LogP) is 2.49. The number of carboxylic acids is 1. The molecule has 4 rings (SSSR count). The molecule has 1 aliphatic rings. The van der Waals surface area contributed by atoms with Crippen LogP contribution in [0.15, 0.2) is 43.0 Å². The quantitative estimate of drug-likeness (QED) is 0.603. The molecule has 0 unspecified atom stereocenters. The third kappa shape index (κ3) is 5.50. The molecule has 3 aromatic rings. The number of nitrogens with two attached hydrogens (primary N) is 1. The number of rotatable bonds is 5. The Morgan fingerprint density at radius 3 is 2.62 bits per heavy atom. The lowest BCUT2D eigenvalue weighted by Crippen LogP contribution is -2.16. The van der Waals surface area contributed by atoms with Crippen LogP contribution in [0.2, 0.25) is 0 Å². The summed E-state index contributed by atoms with van der Waals surface area (Å²) < 4.78 is 1.51. The number of hydrogen-bond acceptors (Lipinski definition) is 6. The number of carboxylic acid groups (broad SMARTS) is 1. The van der Waals surface area contributed by atoms with Crippen molar-refractivity contribution in [2.45, 2.75) is 38.6 Å². The highest BCUT2D eigenvalue weighted by atomic mass is 16.4. The number of hydrogen-bond donors (Lipinski definition) is 3. The number of aliphatic carboxylic acids is 1. The van der Waals surface area contributed by atoms with Crippen molar-refractivity contribution in [3.8, 4) is 0 Å². The van der Waals surface area contributed by atoms with Crippen LogP contribution in [0.3, 0.4) is 0 Å². The molecule has 1 aliphatic carbocycles. The fourth-order valence-corrected chi connectivity index (χ4v) is 3.19. The summed E-state index contributed by atoms with van der Waals surface area (Å²) in [5.74, 6) is -0.533. The number of nitrogens with one attached hydrogen (secondary N) is 1. The van der Waals surface area contributed by atoms with Gasteiger partial charge in [0.05, 0.1) is 12.1 Å². The zero-order valence-corrected chi connectivity index (χ0v) is 16.0. The molecule has 9 nitrogen and oxygen atoms in total. The van der Waals surface area contributed by atoms with Gasteiger partial charge in [-0.2, -0.15) is 5.10 Å². The Hall–Kier alpha value is -3.49. The summed E-state index contributed by atoms with van der Waals surface area (Å²) in [6, 6.07) is 5.61. The summed E-state index contributed by atoms with van der Waals surface area (Å²) in [6.45, 7) is 0.594. The topological polar surface area (TPSA) is 136 Å². The molecule has 4 N–H and O–H groups in total. The monoisotopic (exact) mass is 396 g/mol. The Kier molecular flexibility index (Phi) is 6.72. The third-order valence-electron chi connectivity index (χ3n) is 4.79. The second kappa shape index (κ2) is 9.63. The van der Waals surface area contributed by atoms with Gasteiger partial charge in [0.2, 0.25) is 0 Å². The largest absolute Gasteiger partial charge is 0.481 e. The Balaban J connectivity index is 0.000000224. The number of fused-ring (bicyclic) bond motifs is 1. The van der Waals surface area contributed by atoms with E-state index >= 15 is 0 Å². The molecule has 0 aliphatic heterocycles. The molecule has 3 aromatic heterocycles. The van der Waals surface area contributed by atoms with Gasteiger partial charge in [-0.05, 0) is 30.5 Å². The molecular weight excluding hydrogens is 372 g/mol. The van der Waals surface area contributed by atoms with Crippen LogP contribution < -0.4 is 11.1 Å². The van der Waals surface area contributed by atoms with Crippen molar-refractivity contribution in [3.63, 3.8) is 0 Å². The SMILES string of the molecule is NC(=O)c1cnn2ccc(NCc3cccnc3)nc12.O=C(O)C1CCCCC1. The molecule has 9 heteroatoms. The van der Waals surface area contributed by atoms with Crippen molar-refractivity contribution in [1.82, 2.24) is 19.6 Å². The molecule has 1 fully saturated rings. The fourth-order valence-electron chi connectivity index (χ4n) is 3.19. The number of amides is 1. The van der Waals surface area contributed by atoms with E-state index in [0.717, 1.165) is 31.2 Å². The Labute approximate surface area is 168 Å². The summed E-state index contributed by atoms with van der Waals surface area (Å²) in [4.78, 5) is 30.0. The highest BCUT2D eigenvalue weighted by Crippen LogP contribution is 2.23. The second-order valence-electron chi connectivity index (χ2n) is 6.89. The van der Waals surface area contributed by atoms with E-state index in [2.05, 4.69) is 20.4 Å². The Morgan fingerprint density at radius 2 is 2.00 bits per heavy atom. The van der Waals surface area contributed by atoms with E-state index in [1.165, 1.54) is 17.1 Å². The van der Waals surface area contributed by atoms with Crippen LogP contribution in [-0.2, 0) is 11.3 Å². The van der Waals surface area contributed by atoms with Gasteiger partial charge in [-0.15, -0.1) is 0 Å². The smallest absolute Gasteiger partial charge is 0.306 e. The van der Waals surface area contributed by atoms with Gasteiger partial charge in [0.1, 0.15) is 11.4 Å². The van der Waals surface area contributed by atoms with Crippen LogP contribution in [0.5, 0.6) is 0 Å². The number of primary amides is 1. The maximum Gasteiger partial charge on any atom is 0.306 e. The minimum Gasteiger partial charge on any atom is -0.481 e. The normalized spacial score (nSPS) is 14.1. The number of pyridine rings is 1. The van der Waals surface area contributed by atoms with Crippen LogP contribution in [0, 0.1) is 5.92 Å². The maximum absolute atomic E-state index is 11.3. The standard InChI is InChI=1S/C13H12N6O.C7H12O2/c14-12(20)10-8-17-19-5-3-11(18-13(10)19)16-7-9-2-1-4-15-6-9;8-7(9)6-4-2-1-3-5-6/h1-6,8H,7H2,(H2,14,20)(H,16,18);6H,1-5H2,(H,8,9). The number of carbonyl (C=O) groups excluding carboxylic acids is 1. The van der Waals surface area contributed by atoms with Crippen LogP contribution in [0.1, 0.15) is 48.0 Å². The predicted molar refractivity (Wildman–Crippen MR) is 107 cm³/mol. The summed E-state index contributed by atoms with van der Waals surface area (Å²) in [6.07, 6.45) is 11.9. The van der Waals surface area contributed by atoms with Crippen LogP contribution in [0.4, 0.5) is 5.82 Å². The van der Waals surface area contributed by atoms with Gasteiger partial charge in [-0.3, -0.25) is 14.6 Å². The highest BCUT2D eigenvalue weighted by molar-refractivity contribution is 5.98. The van der Waals surface area contributed by atoms with E-state index in [0.29, 0.717) is 23.6 Å². The van der Waals surface area contributed by atoms with Gasteiger partial charge in [0, 0.05) is 25.1 Å². The first-order valence-corrected chi connectivity index (χ1v) is 9.54. The zero-order valence-electron chi connectivity index (χ0n) is 16.0. The average Bonchev–Trinajstić information content (AvgIpc) is 3.18. The summed E-state index contributed by atoms with van der Waals surface area (Å²) in [5.41, 5.74) is 7.06. The molecule has 1 saturated carbocycles. The van der Waals surface area contributed by atoms with Crippen molar-refractivity contribution in [2.75, 3.05) is 5.32 Å². The lowest BCUT2D eigenvalue weighted by Gasteiger charge is -2.16. The number of aromatic nitrogens is 4. The van der Waals surface area contributed by atoms with E-state index in [-0.39, 0.29) is 5.92 Å². The number of carbonyl (C=O) groups is 2. The van der Waals surface area contributed by atoms with Crippen LogP contribution >= 0.6 is 0 Å². The molecule has 0 spiro atoms. The minimum atomic E-state index is -0.602. The summed E-state index contributed by atoms with van der Waals surface area (Å²) in [5, 5.41) is 15.7. The van der Waals surface area contributed by atoms with Crippen LogP contribution in [0.25, 0.3) is 5.65 Å². The summed E-state index contributed by atoms with van der Waals surface area (Å²) in [7, 11) is 0. The Morgan fingerprint density at radius 1 is 1.21 bits per heavy atom. The van der Waals surface area contributed by atoms with E-state index in [9.17, 15) is 9.59 Å². The molecule has 29 heavy (non-hydrogen) atoms. The molecule has 0 aromatic carbocycles. The lowest BCUT2D eigenvalue weighted by atomic mass is 9.90. The van der Waals surface area contributed by atoms with Crippen molar-refractivity contribution < 1.29 is 14.7 Å². The molecule has 0 saturated heterocycles. The van der Waals surface area contributed by atoms with E-state index in [4.69, 9.17) is 10.8 Å². The number of anilines is 1. The van der Waals surface area contributed by atoms with E-state index in [1.54, 1.807) is 24.7 Å². The van der Waals surface area contributed by atoms with Crippen molar-refractivity contribution >= 4 is 23.3 Å². The maximum atomic E-state index is 11.3. The minimum absolute atomic E-state index is 0.0289. The van der Waals surface area contributed by atoms with E-state index < -0.39 is 11.9 Å². The van der Waals surface area contributed by atoms with Gasteiger partial charge in [-0.25, -0.2) is 9.50 Å². The Bertz CT molecular complexity index is 967. The van der Waals surface area contributed by atoms with E-state index in [1.807, 2.05) is 12.1 Å².